The van der Waals surface area contributed by atoms with Crippen LogP contribution in [0.25, 0.3) is 0 Å². The van der Waals surface area contributed by atoms with Gasteiger partial charge in [0, 0.05) is 0 Å². The lowest BCUT2D eigenvalue weighted by atomic mass is 10.0. The molecule has 0 amide bonds. The Kier molecular flexibility index (Phi) is 3.17. The Morgan fingerprint density at radius 1 is 1.18 bits per heavy atom. The summed E-state index contributed by atoms with van der Waals surface area (Å²) in [6.45, 7) is 9.11. The average Bonchev–Trinajstić information content (AvgIpc) is 2.06. The Balaban J connectivity index is 2.43. The first-order valence-corrected chi connectivity index (χ1v) is 8.24. The van der Waals surface area contributed by atoms with Gasteiger partial charge in [-0.1, -0.05) is 58.2 Å². The molecule has 0 aromatic carbocycles. The molecule has 0 spiro atoms. The topological polar surface area (TPSA) is 0 Å². The lowest BCUT2D eigenvalue weighted by Crippen LogP contribution is -2.32. The predicted octanol–water partition coefficient (Wildman–Crippen LogP) is 3.86. The van der Waals surface area contributed by atoms with Crippen molar-refractivity contribution in [3.63, 3.8) is 0 Å². The van der Waals surface area contributed by atoms with Gasteiger partial charge in [-0.05, 0) is 5.54 Å². The molecule has 1 rings (SSSR count). The fourth-order valence-corrected chi connectivity index (χ4v) is 4.47. The Morgan fingerprint density at radius 3 is 2.18 bits per heavy atom. The van der Waals surface area contributed by atoms with E-state index in [-0.39, 0.29) is 0 Å². The summed E-state index contributed by atoms with van der Waals surface area (Å²) >= 11 is 0. The van der Waals surface area contributed by atoms with Crippen LogP contribution >= 0.6 is 0 Å². The first kappa shape index (κ1) is 9.31. The molecular formula is C10H21Si. The van der Waals surface area contributed by atoms with Crippen LogP contribution in [0.3, 0.4) is 0 Å². The van der Waals surface area contributed by atoms with Gasteiger partial charge < -0.3 is 0 Å². The molecule has 1 radical (unpaired) electrons. The molecule has 1 fully saturated rings. The molecule has 0 aromatic rings. The molecule has 65 valence electrons. The summed E-state index contributed by atoms with van der Waals surface area (Å²) in [6.07, 6.45) is 7.48. The smallest absolute Gasteiger partial charge is 0.0504 e. The molecule has 0 atom stereocenters. The zero-order valence-corrected chi connectivity index (χ0v) is 9.03. The summed E-state index contributed by atoms with van der Waals surface area (Å²) in [6, 6.07) is 1.23. The summed E-state index contributed by atoms with van der Waals surface area (Å²) in [4.78, 5) is 0. The molecule has 1 aliphatic carbocycles. The summed E-state index contributed by atoms with van der Waals surface area (Å²) in [5.74, 6) is 0. The van der Waals surface area contributed by atoms with Crippen LogP contribution in [0.2, 0.25) is 24.7 Å². The van der Waals surface area contributed by atoms with Gasteiger partial charge in [-0.2, -0.15) is 0 Å². The first-order chi connectivity index (χ1) is 5.17. The van der Waals surface area contributed by atoms with E-state index in [1.807, 2.05) is 0 Å². The molecule has 0 saturated heterocycles. The van der Waals surface area contributed by atoms with Crippen molar-refractivity contribution < 1.29 is 0 Å². The van der Waals surface area contributed by atoms with E-state index in [1.54, 1.807) is 0 Å². The van der Waals surface area contributed by atoms with Crippen molar-refractivity contribution in [3.05, 3.63) is 6.92 Å². The molecular weight excluding hydrogens is 148 g/mol. The zero-order valence-electron chi connectivity index (χ0n) is 8.03. The second-order valence-corrected chi connectivity index (χ2v) is 9.87. The van der Waals surface area contributed by atoms with Crippen LogP contribution in [-0.4, -0.2) is 8.07 Å². The van der Waals surface area contributed by atoms with Gasteiger partial charge in [0.1, 0.15) is 0 Å². The van der Waals surface area contributed by atoms with Gasteiger partial charge in [0.15, 0.2) is 0 Å². The van der Waals surface area contributed by atoms with Gasteiger partial charge in [0.2, 0.25) is 0 Å². The maximum absolute atomic E-state index is 4.09. The minimum absolute atomic E-state index is 0.888. The molecule has 0 nitrogen and oxygen atoms in total. The largest absolute Gasteiger partial charge is 0.0691 e. The maximum atomic E-state index is 4.09. The van der Waals surface area contributed by atoms with Crippen molar-refractivity contribution in [1.82, 2.24) is 0 Å². The van der Waals surface area contributed by atoms with Crippen LogP contribution in [-0.2, 0) is 0 Å². The molecule has 0 N–H and O–H groups in total. The number of hydrogen-bond donors (Lipinski definition) is 0. The second-order valence-electron chi connectivity index (χ2n) is 4.57. The Morgan fingerprint density at radius 2 is 1.73 bits per heavy atom. The van der Waals surface area contributed by atoms with E-state index in [9.17, 15) is 0 Å². The highest BCUT2D eigenvalue weighted by atomic mass is 28.3. The standard InChI is InChI=1S/C10H21Si/c1-4-11(2,3)10-8-6-5-7-9-10/h10H,1,4-9H2,2-3H3. The van der Waals surface area contributed by atoms with E-state index in [1.165, 1.54) is 38.1 Å². The second kappa shape index (κ2) is 3.75. The van der Waals surface area contributed by atoms with E-state index in [4.69, 9.17) is 0 Å². The lowest BCUT2D eigenvalue weighted by Gasteiger charge is -2.34. The van der Waals surface area contributed by atoms with Crippen molar-refractivity contribution in [2.75, 3.05) is 0 Å². The third kappa shape index (κ3) is 2.33. The molecule has 1 saturated carbocycles. The first-order valence-electron chi connectivity index (χ1n) is 4.96. The van der Waals surface area contributed by atoms with Gasteiger partial charge >= 0.3 is 0 Å². The van der Waals surface area contributed by atoms with Gasteiger partial charge in [-0.25, -0.2) is 0 Å². The summed E-state index contributed by atoms with van der Waals surface area (Å²) in [5, 5.41) is 0. The molecule has 11 heavy (non-hydrogen) atoms. The monoisotopic (exact) mass is 169 g/mol. The molecule has 0 aliphatic heterocycles. The number of rotatable bonds is 2. The molecule has 0 unspecified atom stereocenters. The van der Waals surface area contributed by atoms with E-state index >= 15 is 0 Å². The molecule has 0 bridgehead atoms. The van der Waals surface area contributed by atoms with Crippen molar-refractivity contribution in [2.45, 2.75) is 56.8 Å². The van der Waals surface area contributed by atoms with Crippen LogP contribution in [0.4, 0.5) is 0 Å². The molecule has 1 heteroatoms. The minimum atomic E-state index is -0.888. The Bertz CT molecular complexity index is 112. The van der Waals surface area contributed by atoms with Gasteiger partial charge in [-0.15, -0.1) is 0 Å². The van der Waals surface area contributed by atoms with E-state index in [0.717, 1.165) is 5.54 Å². The third-order valence-corrected chi connectivity index (χ3v) is 7.43. The predicted molar refractivity (Wildman–Crippen MR) is 54.5 cm³/mol. The highest BCUT2D eigenvalue weighted by Crippen LogP contribution is 2.38. The SMILES string of the molecule is [CH2]C[Si](C)(C)C1CCCCC1. The van der Waals surface area contributed by atoms with Crippen LogP contribution in [0.1, 0.15) is 32.1 Å². The van der Waals surface area contributed by atoms with E-state index in [2.05, 4.69) is 20.0 Å². The highest BCUT2D eigenvalue weighted by Gasteiger charge is 2.30. The minimum Gasteiger partial charge on any atom is -0.0691 e. The van der Waals surface area contributed by atoms with Gasteiger partial charge in [-0.3, -0.25) is 0 Å². The van der Waals surface area contributed by atoms with Crippen molar-refractivity contribution in [3.8, 4) is 0 Å². The zero-order chi connectivity index (χ0) is 8.32. The van der Waals surface area contributed by atoms with Crippen LogP contribution in [0, 0.1) is 6.92 Å². The maximum Gasteiger partial charge on any atom is 0.0504 e. The number of hydrogen-bond acceptors (Lipinski definition) is 0. The van der Waals surface area contributed by atoms with Crippen molar-refractivity contribution >= 4 is 8.07 Å². The van der Waals surface area contributed by atoms with Crippen LogP contribution in [0.5, 0.6) is 0 Å². The van der Waals surface area contributed by atoms with Crippen molar-refractivity contribution in [2.24, 2.45) is 0 Å². The molecule has 0 heterocycles. The summed E-state index contributed by atoms with van der Waals surface area (Å²) in [5.41, 5.74) is 1.09. The van der Waals surface area contributed by atoms with Gasteiger partial charge in [0.25, 0.3) is 0 Å². The van der Waals surface area contributed by atoms with E-state index < -0.39 is 8.07 Å². The fraction of sp³-hybridized carbons (Fsp3) is 0.900. The summed E-state index contributed by atoms with van der Waals surface area (Å²) in [7, 11) is -0.888. The highest BCUT2D eigenvalue weighted by molar-refractivity contribution is 6.79. The Labute approximate surface area is 72.4 Å². The summed E-state index contributed by atoms with van der Waals surface area (Å²) < 4.78 is 0. The van der Waals surface area contributed by atoms with Crippen molar-refractivity contribution in [1.29, 1.82) is 0 Å². The Hall–Kier alpha value is 0.217. The van der Waals surface area contributed by atoms with E-state index in [0.29, 0.717) is 0 Å². The third-order valence-electron chi connectivity index (χ3n) is 3.35. The quantitative estimate of drug-likeness (QED) is 0.551. The van der Waals surface area contributed by atoms with Gasteiger partial charge in [0.05, 0.1) is 8.07 Å². The lowest BCUT2D eigenvalue weighted by molar-refractivity contribution is 0.492. The normalized spacial score (nSPS) is 22.1. The fourth-order valence-electron chi connectivity index (χ4n) is 2.09. The van der Waals surface area contributed by atoms with Crippen LogP contribution in [0.15, 0.2) is 0 Å². The molecule has 0 aromatic heterocycles. The van der Waals surface area contributed by atoms with Crippen LogP contribution < -0.4 is 0 Å². The molecule has 1 aliphatic rings. The average molecular weight is 169 g/mol.